The van der Waals surface area contributed by atoms with Gasteiger partial charge in [-0.25, -0.2) is 4.79 Å². The number of carbonyl (C=O) groups excluding carboxylic acids is 1. The zero-order valence-corrected chi connectivity index (χ0v) is 12.3. The third-order valence-electron chi connectivity index (χ3n) is 2.05. The van der Waals surface area contributed by atoms with E-state index in [9.17, 15) is 18.0 Å². The highest BCUT2D eigenvalue weighted by Crippen LogP contribution is 2.28. The number of aliphatic hydroxyl groups is 1. The van der Waals surface area contributed by atoms with Gasteiger partial charge in [0, 0.05) is 4.47 Å². The molecule has 0 bridgehead atoms. The van der Waals surface area contributed by atoms with Crippen LogP contribution in [-0.2, 0) is 9.53 Å². The second kappa shape index (κ2) is 7.21. The fourth-order valence-corrected chi connectivity index (χ4v) is 1.40. The molecule has 1 N–H and O–H groups in total. The van der Waals surface area contributed by atoms with Gasteiger partial charge in [0.05, 0.1) is 12.3 Å². The molecule has 9 heteroatoms. The lowest BCUT2D eigenvalue weighted by Crippen LogP contribution is -2.18. The molecule has 0 atom stereocenters. The van der Waals surface area contributed by atoms with E-state index in [4.69, 9.17) is 5.11 Å². The van der Waals surface area contributed by atoms with Gasteiger partial charge in [-0.05, 0) is 31.2 Å². The number of benzene rings is 1. The number of nitrogens with zero attached hydrogens (tertiary/aromatic N) is 2. The summed E-state index contributed by atoms with van der Waals surface area (Å²) >= 11 is 3.17. The highest BCUT2D eigenvalue weighted by Gasteiger charge is 2.39. The van der Waals surface area contributed by atoms with Gasteiger partial charge in [-0.3, -0.25) is 0 Å². The van der Waals surface area contributed by atoms with Crippen molar-refractivity contribution in [3.05, 3.63) is 40.2 Å². The van der Waals surface area contributed by atoms with Gasteiger partial charge < -0.3 is 9.84 Å². The topological polar surface area (TPSA) is 71.2 Å². The Morgan fingerprint density at radius 2 is 1.90 bits per heavy atom. The van der Waals surface area contributed by atoms with Crippen molar-refractivity contribution < 1.29 is 27.8 Å². The van der Waals surface area contributed by atoms with E-state index in [1.54, 1.807) is 12.1 Å². The second-order valence-corrected chi connectivity index (χ2v) is 4.51. The zero-order chi connectivity index (χ0) is 16.0. The van der Waals surface area contributed by atoms with E-state index in [1.807, 2.05) is 0 Å². The maximum absolute atomic E-state index is 12.5. The largest absolute Gasteiger partial charge is 0.502 e. The number of allylic oxidation sites excluding steroid dienone is 1. The minimum atomic E-state index is -5.12. The van der Waals surface area contributed by atoms with Gasteiger partial charge in [0.25, 0.3) is 0 Å². The standard InChI is InChI=1S/C12H10BrF3N2O3/c1-2-21-11(20)9(10(19)12(14,15)16)18-17-8-5-3-7(13)4-6-8/h3-6,19H,2H2,1H3. The molecule has 21 heavy (non-hydrogen) atoms. The van der Waals surface area contributed by atoms with Crippen molar-refractivity contribution in [1.82, 2.24) is 0 Å². The average Bonchev–Trinajstić information content (AvgIpc) is 2.40. The first-order valence-corrected chi connectivity index (χ1v) is 6.40. The lowest BCUT2D eigenvalue weighted by Gasteiger charge is -2.08. The molecule has 0 saturated carbocycles. The highest BCUT2D eigenvalue weighted by atomic mass is 79.9. The van der Waals surface area contributed by atoms with E-state index >= 15 is 0 Å². The van der Waals surface area contributed by atoms with Gasteiger partial charge in [0.2, 0.25) is 11.5 Å². The van der Waals surface area contributed by atoms with Crippen LogP contribution in [0.25, 0.3) is 0 Å². The first kappa shape index (κ1) is 17.2. The molecule has 0 radical (unpaired) electrons. The Kier molecular flexibility index (Phi) is 5.89. The molecule has 0 fully saturated rings. The van der Waals surface area contributed by atoms with Gasteiger partial charge in [-0.1, -0.05) is 15.9 Å². The van der Waals surface area contributed by atoms with E-state index in [1.165, 1.54) is 19.1 Å². The van der Waals surface area contributed by atoms with E-state index in [0.29, 0.717) is 0 Å². The van der Waals surface area contributed by atoms with Gasteiger partial charge in [-0.15, -0.1) is 5.11 Å². The summed E-state index contributed by atoms with van der Waals surface area (Å²) in [5.41, 5.74) is -1.10. The molecule has 0 aliphatic carbocycles. The summed E-state index contributed by atoms with van der Waals surface area (Å²) in [5, 5.41) is 15.7. The number of halogens is 4. The molecule has 0 aliphatic rings. The lowest BCUT2D eigenvalue weighted by atomic mass is 10.3. The van der Waals surface area contributed by atoms with E-state index in [0.717, 1.165) is 4.47 Å². The Bertz CT molecular complexity index is 568. The number of hydrogen-bond acceptors (Lipinski definition) is 5. The molecule has 0 amide bonds. The highest BCUT2D eigenvalue weighted by molar-refractivity contribution is 9.10. The van der Waals surface area contributed by atoms with E-state index in [-0.39, 0.29) is 12.3 Å². The number of azo groups is 1. The van der Waals surface area contributed by atoms with Gasteiger partial charge >= 0.3 is 12.1 Å². The Hall–Kier alpha value is -1.90. The maximum atomic E-state index is 12.5. The molecular formula is C12H10BrF3N2O3. The second-order valence-electron chi connectivity index (χ2n) is 3.59. The lowest BCUT2D eigenvalue weighted by molar-refractivity contribution is -0.143. The normalized spacial score (nSPS) is 13.2. The van der Waals surface area contributed by atoms with Crippen LogP contribution in [0.3, 0.4) is 0 Å². The predicted octanol–water partition coefficient (Wildman–Crippen LogP) is 4.43. The fourth-order valence-electron chi connectivity index (χ4n) is 1.13. The molecule has 0 heterocycles. The quantitative estimate of drug-likeness (QED) is 0.371. The number of ether oxygens (including phenoxy) is 1. The summed E-state index contributed by atoms with van der Waals surface area (Å²) in [6.45, 7) is 1.24. The predicted molar refractivity (Wildman–Crippen MR) is 71.0 cm³/mol. The molecule has 0 unspecified atom stereocenters. The van der Waals surface area contributed by atoms with Crippen LogP contribution in [-0.4, -0.2) is 23.9 Å². The number of carbonyl (C=O) groups is 1. The first-order valence-electron chi connectivity index (χ1n) is 5.60. The number of esters is 1. The number of rotatable bonds is 4. The van der Waals surface area contributed by atoms with Crippen molar-refractivity contribution in [3.8, 4) is 0 Å². The van der Waals surface area contributed by atoms with Crippen molar-refractivity contribution in [3.63, 3.8) is 0 Å². The van der Waals surface area contributed by atoms with Crippen molar-refractivity contribution in [2.45, 2.75) is 13.1 Å². The molecule has 0 spiro atoms. The molecule has 0 aromatic heterocycles. The van der Waals surface area contributed by atoms with Gasteiger partial charge in [-0.2, -0.15) is 18.3 Å². The average molecular weight is 367 g/mol. The summed E-state index contributed by atoms with van der Waals surface area (Å²) < 4.78 is 42.5. The maximum Gasteiger partial charge on any atom is 0.451 e. The molecular weight excluding hydrogens is 357 g/mol. The Morgan fingerprint density at radius 1 is 1.33 bits per heavy atom. The first-order chi connectivity index (χ1) is 9.75. The molecule has 0 saturated heterocycles. The summed E-state index contributed by atoms with van der Waals surface area (Å²) in [6, 6.07) is 6.10. The molecule has 1 aromatic rings. The summed E-state index contributed by atoms with van der Waals surface area (Å²) in [6.07, 6.45) is -5.12. The minimum Gasteiger partial charge on any atom is -0.502 e. The Morgan fingerprint density at radius 3 is 2.38 bits per heavy atom. The molecule has 0 aliphatic heterocycles. The smallest absolute Gasteiger partial charge is 0.451 e. The number of aliphatic hydroxyl groups excluding tert-OH is 1. The SMILES string of the molecule is CCOC(=O)C(N=Nc1ccc(Br)cc1)=C(O)C(F)(F)F. The van der Waals surface area contributed by atoms with Crippen molar-refractivity contribution in [2.75, 3.05) is 6.61 Å². The van der Waals surface area contributed by atoms with Crippen LogP contribution in [0.15, 0.2) is 50.4 Å². The molecule has 1 aromatic carbocycles. The Labute approximate surface area is 126 Å². The molecule has 5 nitrogen and oxygen atoms in total. The summed E-state index contributed by atoms with van der Waals surface area (Å²) in [5.74, 6) is -3.56. The van der Waals surface area contributed by atoms with Crippen LogP contribution in [0.1, 0.15) is 6.92 Å². The third kappa shape index (κ3) is 5.18. The summed E-state index contributed by atoms with van der Waals surface area (Å²) in [7, 11) is 0. The monoisotopic (exact) mass is 366 g/mol. The third-order valence-corrected chi connectivity index (χ3v) is 2.58. The van der Waals surface area contributed by atoms with Crippen LogP contribution in [0.5, 0.6) is 0 Å². The molecule has 114 valence electrons. The van der Waals surface area contributed by atoms with Gasteiger partial charge in [0.1, 0.15) is 0 Å². The fraction of sp³-hybridized carbons (Fsp3) is 0.250. The van der Waals surface area contributed by atoms with Crippen LogP contribution >= 0.6 is 15.9 Å². The minimum absolute atomic E-state index is 0.165. The Balaban J connectivity index is 3.14. The summed E-state index contributed by atoms with van der Waals surface area (Å²) in [4.78, 5) is 11.4. The molecule has 1 rings (SSSR count). The van der Waals surface area contributed by atoms with Crippen molar-refractivity contribution >= 4 is 27.6 Å². The van der Waals surface area contributed by atoms with E-state index in [2.05, 4.69) is 30.9 Å². The van der Waals surface area contributed by atoms with Crippen LogP contribution in [0.4, 0.5) is 18.9 Å². The van der Waals surface area contributed by atoms with Crippen LogP contribution in [0.2, 0.25) is 0 Å². The van der Waals surface area contributed by atoms with Gasteiger partial charge in [0.15, 0.2) is 0 Å². The van der Waals surface area contributed by atoms with Crippen LogP contribution < -0.4 is 0 Å². The van der Waals surface area contributed by atoms with Crippen molar-refractivity contribution in [1.29, 1.82) is 0 Å². The van der Waals surface area contributed by atoms with Crippen molar-refractivity contribution in [2.24, 2.45) is 10.2 Å². The number of hydrogen-bond donors (Lipinski definition) is 1. The van der Waals surface area contributed by atoms with Crippen LogP contribution in [0, 0.1) is 0 Å². The number of alkyl halides is 3. The zero-order valence-electron chi connectivity index (χ0n) is 10.7. The van der Waals surface area contributed by atoms with E-state index < -0.39 is 23.6 Å².